The van der Waals surface area contributed by atoms with Gasteiger partial charge in [-0.15, -0.1) is 0 Å². The van der Waals surface area contributed by atoms with Gasteiger partial charge in [-0.05, 0) is 25.9 Å². The first kappa shape index (κ1) is 16.9. The van der Waals surface area contributed by atoms with Crippen LogP contribution in [0.1, 0.15) is 12.8 Å². The van der Waals surface area contributed by atoms with Crippen LogP contribution < -0.4 is 5.32 Å². The van der Waals surface area contributed by atoms with Gasteiger partial charge < -0.3 is 24.8 Å². The van der Waals surface area contributed by atoms with Crippen molar-refractivity contribution in [3.63, 3.8) is 0 Å². The molecule has 0 saturated carbocycles. The molecule has 0 bridgehead atoms. The molecular weight excluding hydrogens is 264 g/mol. The van der Waals surface area contributed by atoms with Crippen LogP contribution in [0.5, 0.6) is 0 Å². The highest BCUT2D eigenvalue weighted by Crippen LogP contribution is 2.31. The van der Waals surface area contributed by atoms with E-state index in [1.54, 1.807) is 7.11 Å². The lowest BCUT2D eigenvalue weighted by molar-refractivity contribution is -0.154. The zero-order chi connectivity index (χ0) is 15.0. The maximum atomic E-state index is 12.8. The summed E-state index contributed by atoms with van der Waals surface area (Å²) in [6, 6.07) is 0. The highest BCUT2D eigenvalue weighted by Gasteiger charge is 2.42. The Morgan fingerprint density at radius 3 is 2.40 bits per heavy atom. The Kier molecular flexibility index (Phi) is 6.90. The summed E-state index contributed by atoms with van der Waals surface area (Å²) in [5.74, 6) is -1.17. The van der Waals surface area contributed by atoms with E-state index in [0.29, 0.717) is 26.1 Å². The number of nitrogens with zero attached hydrogens (tertiary/aromatic N) is 1. The monoisotopic (exact) mass is 288 g/mol. The van der Waals surface area contributed by atoms with Gasteiger partial charge in [-0.3, -0.25) is 9.59 Å². The predicted molar refractivity (Wildman–Crippen MR) is 72.5 cm³/mol. The molecule has 116 valence electrons. The minimum absolute atomic E-state index is 0.152. The summed E-state index contributed by atoms with van der Waals surface area (Å²) in [6.07, 6.45) is 1.31. The Morgan fingerprint density at radius 2 is 1.90 bits per heavy atom. The maximum absolute atomic E-state index is 12.8. The van der Waals surface area contributed by atoms with Crippen molar-refractivity contribution < 1.29 is 24.2 Å². The smallest absolute Gasteiger partial charge is 0.323 e. The summed E-state index contributed by atoms with van der Waals surface area (Å²) < 4.78 is 10.2. The fraction of sp³-hybridized carbons (Fsp3) is 0.846. The summed E-state index contributed by atoms with van der Waals surface area (Å²) in [6.45, 7) is 2.08. The average molecular weight is 288 g/mol. The predicted octanol–water partition coefficient (Wildman–Crippen LogP) is -0.438. The molecule has 2 N–H and O–H groups in total. The number of carbonyl (C=O) groups excluding carboxylic acids is 1. The second-order valence-electron chi connectivity index (χ2n) is 5.08. The number of hydrogen-bond donors (Lipinski definition) is 2. The van der Waals surface area contributed by atoms with Gasteiger partial charge in [-0.1, -0.05) is 0 Å². The lowest BCUT2D eigenvalue weighted by Crippen LogP contribution is -2.53. The summed E-state index contributed by atoms with van der Waals surface area (Å²) in [5, 5.41) is 12.2. The minimum Gasteiger partial charge on any atom is -0.480 e. The molecule has 0 atom stereocenters. The number of nitrogens with one attached hydrogen (secondary N) is 1. The van der Waals surface area contributed by atoms with E-state index < -0.39 is 11.4 Å². The Balaban J connectivity index is 2.84. The maximum Gasteiger partial charge on any atom is 0.323 e. The van der Waals surface area contributed by atoms with E-state index in [2.05, 4.69) is 5.32 Å². The van der Waals surface area contributed by atoms with E-state index in [9.17, 15) is 9.59 Å². The molecule has 0 aromatic heterocycles. The Hall–Kier alpha value is -1.18. The molecule has 7 nitrogen and oxygen atoms in total. The zero-order valence-electron chi connectivity index (χ0n) is 12.2. The number of amides is 1. The summed E-state index contributed by atoms with van der Waals surface area (Å²) in [7, 11) is 3.09. The van der Waals surface area contributed by atoms with Crippen molar-refractivity contribution in [2.75, 3.05) is 53.6 Å². The quantitative estimate of drug-likeness (QED) is 0.630. The van der Waals surface area contributed by atoms with E-state index >= 15 is 0 Å². The molecule has 20 heavy (non-hydrogen) atoms. The number of carboxylic acid groups (broad SMARTS) is 1. The van der Waals surface area contributed by atoms with E-state index in [-0.39, 0.29) is 19.0 Å². The van der Waals surface area contributed by atoms with Crippen LogP contribution in [-0.2, 0) is 19.1 Å². The third-order valence-electron chi connectivity index (χ3n) is 3.61. The lowest BCUT2D eigenvalue weighted by atomic mass is 9.78. The second kappa shape index (κ2) is 8.18. The van der Waals surface area contributed by atoms with Crippen LogP contribution in [0, 0.1) is 5.41 Å². The van der Waals surface area contributed by atoms with E-state index in [4.69, 9.17) is 14.6 Å². The minimum atomic E-state index is -1.02. The standard InChI is InChI=1S/C13H24N2O5/c1-19-8-7-15(9-11(16)17)12(18)13(10-20-2)3-5-14-6-4-13/h14H,3-10H2,1-2H3,(H,16,17). The van der Waals surface area contributed by atoms with Crippen LogP contribution in [-0.4, -0.2) is 75.5 Å². The fourth-order valence-electron chi connectivity index (χ4n) is 2.55. The molecule has 0 aromatic rings. The van der Waals surface area contributed by atoms with Crippen molar-refractivity contribution in [1.29, 1.82) is 0 Å². The number of carbonyl (C=O) groups is 2. The van der Waals surface area contributed by atoms with Crippen LogP contribution in [0.4, 0.5) is 0 Å². The second-order valence-corrected chi connectivity index (χ2v) is 5.08. The van der Waals surface area contributed by atoms with Crippen molar-refractivity contribution in [3.8, 4) is 0 Å². The van der Waals surface area contributed by atoms with Gasteiger partial charge in [0.15, 0.2) is 0 Å². The van der Waals surface area contributed by atoms with Crippen LogP contribution in [0.2, 0.25) is 0 Å². The highest BCUT2D eigenvalue weighted by atomic mass is 16.5. The largest absolute Gasteiger partial charge is 0.480 e. The number of ether oxygens (including phenoxy) is 2. The Bertz CT molecular complexity index is 323. The number of piperidine rings is 1. The molecular formula is C13H24N2O5. The highest BCUT2D eigenvalue weighted by molar-refractivity contribution is 5.86. The number of aliphatic carboxylic acids is 1. The number of carboxylic acids is 1. The lowest BCUT2D eigenvalue weighted by Gasteiger charge is -2.39. The van der Waals surface area contributed by atoms with Crippen LogP contribution >= 0.6 is 0 Å². The number of hydrogen-bond acceptors (Lipinski definition) is 5. The Morgan fingerprint density at radius 1 is 1.25 bits per heavy atom. The first-order valence-electron chi connectivity index (χ1n) is 6.75. The van der Waals surface area contributed by atoms with Gasteiger partial charge in [0, 0.05) is 20.8 Å². The van der Waals surface area contributed by atoms with Crippen molar-refractivity contribution in [1.82, 2.24) is 10.2 Å². The third-order valence-corrected chi connectivity index (χ3v) is 3.61. The number of rotatable bonds is 8. The molecule has 1 aliphatic heterocycles. The molecule has 0 radical (unpaired) electrons. The van der Waals surface area contributed by atoms with Gasteiger partial charge in [0.1, 0.15) is 6.54 Å². The van der Waals surface area contributed by atoms with Crippen LogP contribution in [0.25, 0.3) is 0 Å². The summed E-state index contributed by atoms with van der Waals surface area (Å²) in [5.41, 5.74) is -0.622. The molecule has 0 aromatic carbocycles. The Labute approximate surface area is 119 Å². The molecule has 1 saturated heterocycles. The van der Waals surface area contributed by atoms with Crippen LogP contribution in [0.15, 0.2) is 0 Å². The van der Waals surface area contributed by atoms with Crippen molar-refractivity contribution in [3.05, 3.63) is 0 Å². The fourth-order valence-corrected chi connectivity index (χ4v) is 2.55. The van der Waals surface area contributed by atoms with Crippen LogP contribution in [0.3, 0.4) is 0 Å². The van der Waals surface area contributed by atoms with Gasteiger partial charge in [-0.25, -0.2) is 0 Å². The van der Waals surface area contributed by atoms with Gasteiger partial charge in [0.05, 0.1) is 18.6 Å². The molecule has 1 amide bonds. The van der Waals surface area contributed by atoms with Crippen molar-refractivity contribution in [2.24, 2.45) is 5.41 Å². The third kappa shape index (κ3) is 4.43. The normalized spacial score (nSPS) is 17.7. The number of methoxy groups -OCH3 is 2. The van der Waals surface area contributed by atoms with E-state index in [1.807, 2.05) is 0 Å². The van der Waals surface area contributed by atoms with Gasteiger partial charge in [0.25, 0.3) is 0 Å². The molecule has 0 spiro atoms. The molecule has 0 aliphatic carbocycles. The van der Waals surface area contributed by atoms with E-state index in [0.717, 1.165) is 13.1 Å². The molecule has 1 heterocycles. The average Bonchev–Trinajstić information content (AvgIpc) is 2.43. The van der Waals surface area contributed by atoms with Gasteiger partial charge in [-0.2, -0.15) is 0 Å². The SMILES string of the molecule is COCCN(CC(=O)O)C(=O)C1(COC)CCNCC1. The topological polar surface area (TPSA) is 88.1 Å². The zero-order valence-corrected chi connectivity index (χ0v) is 12.2. The molecule has 1 fully saturated rings. The first-order valence-corrected chi connectivity index (χ1v) is 6.75. The summed E-state index contributed by atoms with van der Waals surface area (Å²) in [4.78, 5) is 25.1. The molecule has 1 aliphatic rings. The molecule has 0 unspecified atom stereocenters. The van der Waals surface area contributed by atoms with E-state index in [1.165, 1.54) is 12.0 Å². The van der Waals surface area contributed by atoms with Gasteiger partial charge >= 0.3 is 5.97 Å². The van der Waals surface area contributed by atoms with Gasteiger partial charge in [0.2, 0.25) is 5.91 Å². The van der Waals surface area contributed by atoms with Crippen molar-refractivity contribution >= 4 is 11.9 Å². The van der Waals surface area contributed by atoms with Crippen molar-refractivity contribution in [2.45, 2.75) is 12.8 Å². The first-order chi connectivity index (χ1) is 9.55. The molecule has 7 heteroatoms. The summed E-state index contributed by atoms with van der Waals surface area (Å²) >= 11 is 0. The molecule has 1 rings (SSSR count).